The van der Waals surface area contributed by atoms with Crippen LogP contribution in [-0.2, 0) is 6.42 Å². The van der Waals surface area contributed by atoms with Crippen LogP contribution in [-0.4, -0.2) is 19.8 Å². The van der Waals surface area contributed by atoms with Crippen LogP contribution in [0.1, 0.15) is 5.56 Å². The smallest absolute Gasteiger partial charge is 0.138 e. The number of para-hydroxylation sites is 1. The van der Waals surface area contributed by atoms with Crippen molar-refractivity contribution in [2.24, 2.45) is 5.73 Å². The average Bonchev–Trinajstić information content (AvgIpc) is 2.47. The second kappa shape index (κ2) is 8.13. The van der Waals surface area contributed by atoms with Gasteiger partial charge in [0.2, 0.25) is 0 Å². The van der Waals surface area contributed by atoms with Crippen LogP contribution in [0, 0.1) is 0 Å². The first-order valence-electron chi connectivity index (χ1n) is 6.69. The lowest BCUT2D eigenvalue weighted by atomic mass is 10.1. The van der Waals surface area contributed by atoms with E-state index in [0.29, 0.717) is 35.6 Å². The third-order valence-electron chi connectivity index (χ3n) is 2.87. The van der Waals surface area contributed by atoms with Crippen LogP contribution >= 0.6 is 23.2 Å². The van der Waals surface area contributed by atoms with Crippen molar-refractivity contribution in [2.45, 2.75) is 6.42 Å². The highest BCUT2D eigenvalue weighted by Crippen LogP contribution is 2.24. The zero-order valence-corrected chi connectivity index (χ0v) is 13.0. The molecule has 112 valence electrons. The molecule has 2 N–H and O–H groups in total. The van der Waals surface area contributed by atoms with Crippen LogP contribution in [0.3, 0.4) is 0 Å². The highest BCUT2D eigenvalue weighted by atomic mass is 35.5. The van der Waals surface area contributed by atoms with E-state index in [1.807, 2.05) is 30.3 Å². The normalized spacial score (nSPS) is 10.4. The molecule has 0 bridgehead atoms. The Bertz CT molecular complexity index is 590. The van der Waals surface area contributed by atoms with Crippen LogP contribution < -0.4 is 15.2 Å². The predicted molar refractivity (Wildman–Crippen MR) is 86.7 cm³/mol. The maximum atomic E-state index is 6.01. The van der Waals surface area contributed by atoms with Gasteiger partial charge in [0.05, 0.1) is 5.02 Å². The van der Waals surface area contributed by atoms with Gasteiger partial charge in [-0.3, -0.25) is 0 Å². The van der Waals surface area contributed by atoms with Crippen LogP contribution in [0.5, 0.6) is 11.5 Å². The number of hydrogen-bond acceptors (Lipinski definition) is 3. The number of benzene rings is 2. The summed E-state index contributed by atoms with van der Waals surface area (Å²) in [5.41, 5.74) is 6.59. The Morgan fingerprint density at radius 2 is 1.62 bits per heavy atom. The Labute approximate surface area is 134 Å². The molecule has 0 aliphatic heterocycles. The fourth-order valence-electron chi connectivity index (χ4n) is 1.90. The largest absolute Gasteiger partial charge is 0.490 e. The van der Waals surface area contributed by atoms with Gasteiger partial charge in [-0.1, -0.05) is 35.3 Å². The minimum atomic E-state index is 0.411. The van der Waals surface area contributed by atoms with Crippen molar-refractivity contribution in [1.82, 2.24) is 0 Å². The second-order valence-electron chi connectivity index (χ2n) is 4.42. The van der Waals surface area contributed by atoms with Gasteiger partial charge in [-0.15, -0.1) is 0 Å². The Balaban J connectivity index is 1.87. The average molecular weight is 326 g/mol. The zero-order valence-electron chi connectivity index (χ0n) is 11.5. The van der Waals surface area contributed by atoms with Crippen molar-refractivity contribution in [3.63, 3.8) is 0 Å². The molecule has 21 heavy (non-hydrogen) atoms. The first-order valence-corrected chi connectivity index (χ1v) is 7.45. The van der Waals surface area contributed by atoms with Gasteiger partial charge in [0.25, 0.3) is 0 Å². The monoisotopic (exact) mass is 325 g/mol. The maximum absolute atomic E-state index is 6.01. The number of nitrogens with two attached hydrogens (primary N) is 1. The summed E-state index contributed by atoms with van der Waals surface area (Å²) in [6.07, 6.45) is 0.723. The summed E-state index contributed by atoms with van der Waals surface area (Å²) in [4.78, 5) is 0. The van der Waals surface area contributed by atoms with Crippen molar-refractivity contribution in [1.29, 1.82) is 0 Å². The lowest BCUT2D eigenvalue weighted by Gasteiger charge is -2.12. The molecule has 5 heteroatoms. The highest BCUT2D eigenvalue weighted by Gasteiger charge is 2.05. The van der Waals surface area contributed by atoms with Crippen molar-refractivity contribution < 1.29 is 9.47 Å². The predicted octanol–water partition coefficient (Wildman–Crippen LogP) is 3.95. The van der Waals surface area contributed by atoms with Gasteiger partial charge in [-0.2, -0.15) is 0 Å². The van der Waals surface area contributed by atoms with Crippen molar-refractivity contribution in [3.05, 3.63) is 58.1 Å². The van der Waals surface area contributed by atoms with Gasteiger partial charge in [0.15, 0.2) is 0 Å². The molecule has 0 atom stereocenters. The van der Waals surface area contributed by atoms with Gasteiger partial charge < -0.3 is 15.2 Å². The van der Waals surface area contributed by atoms with E-state index in [9.17, 15) is 0 Å². The summed E-state index contributed by atoms with van der Waals surface area (Å²) >= 11 is 12.0. The van der Waals surface area contributed by atoms with Gasteiger partial charge in [-0.25, -0.2) is 0 Å². The molecule has 0 saturated heterocycles. The summed E-state index contributed by atoms with van der Waals surface area (Å²) < 4.78 is 11.3. The van der Waals surface area contributed by atoms with Gasteiger partial charge in [0.1, 0.15) is 24.7 Å². The van der Waals surface area contributed by atoms with E-state index in [-0.39, 0.29) is 0 Å². The van der Waals surface area contributed by atoms with Crippen LogP contribution in [0.2, 0.25) is 10.0 Å². The summed E-state index contributed by atoms with van der Waals surface area (Å²) in [5.74, 6) is 1.44. The Hall–Kier alpha value is -1.42. The van der Waals surface area contributed by atoms with Gasteiger partial charge >= 0.3 is 0 Å². The van der Waals surface area contributed by atoms with Crippen molar-refractivity contribution >= 4 is 23.2 Å². The third-order valence-corrected chi connectivity index (χ3v) is 3.42. The fraction of sp³-hybridized carbons (Fsp3) is 0.250. The maximum Gasteiger partial charge on any atom is 0.138 e. The molecule has 0 heterocycles. The third kappa shape index (κ3) is 4.81. The van der Waals surface area contributed by atoms with Gasteiger partial charge in [-0.05, 0) is 48.9 Å². The molecule has 0 aliphatic carbocycles. The molecule has 0 spiro atoms. The summed E-state index contributed by atoms with van der Waals surface area (Å²) in [7, 11) is 0. The minimum absolute atomic E-state index is 0.411. The zero-order chi connectivity index (χ0) is 15.1. The van der Waals surface area contributed by atoms with E-state index in [1.165, 1.54) is 0 Å². The Morgan fingerprint density at radius 3 is 2.33 bits per heavy atom. The quantitative estimate of drug-likeness (QED) is 0.784. The van der Waals surface area contributed by atoms with Crippen LogP contribution in [0.15, 0.2) is 42.5 Å². The molecule has 0 aliphatic rings. The van der Waals surface area contributed by atoms with Crippen LogP contribution in [0.25, 0.3) is 0 Å². The Morgan fingerprint density at radius 1 is 0.905 bits per heavy atom. The van der Waals surface area contributed by atoms with E-state index in [1.54, 1.807) is 12.1 Å². The van der Waals surface area contributed by atoms with Crippen molar-refractivity contribution in [2.75, 3.05) is 19.8 Å². The molecule has 0 amide bonds. The first kappa shape index (κ1) is 16.0. The van der Waals surface area contributed by atoms with Gasteiger partial charge in [0, 0.05) is 5.02 Å². The van der Waals surface area contributed by atoms with E-state index < -0.39 is 0 Å². The van der Waals surface area contributed by atoms with E-state index >= 15 is 0 Å². The van der Waals surface area contributed by atoms with Crippen LogP contribution in [0.4, 0.5) is 0 Å². The van der Waals surface area contributed by atoms with E-state index in [0.717, 1.165) is 17.7 Å². The number of halogens is 2. The summed E-state index contributed by atoms with van der Waals surface area (Å²) in [5, 5.41) is 1.27. The number of hydrogen-bond donors (Lipinski definition) is 1. The topological polar surface area (TPSA) is 44.5 Å². The molecule has 0 radical (unpaired) electrons. The minimum Gasteiger partial charge on any atom is -0.490 e. The highest BCUT2D eigenvalue weighted by molar-refractivity contribution is 6.32. The fourth-order valence-corrected chi connectivity index (χ4v) is 2.29. The lowest BCUT2D eigenvalue weighted by Crippen LogP contribution is -2.11. The second-order valence-corrected chi connectivity index (χ2v) is 5.26. The Kier molecular flexibility index (Phi) is 6.18. The number of ether oxygens (including phenoxy) is 2. The molecule has 2 aromatic rings. The molecule has 2 aromatic carbocycles. The van der Waals surface area contributed by atoms with E-state index in [4.69, 9.17) is 38.4 Å². The molecular weight excluding hydrogens is 309 g/mol. The lowest BCUT2D eigenvalue weighted by molar-refractivity contribution is 0.216. The SMILES string of the molecule is NCCc1cc(Cl)ccc1OCCOc1ccccc1Cl. The first-order chi connectivity index (χ1) is 10.2. The summed E-state index contributed by atoms with van der Waals surface area (Å²) in [6, 6.07) is 12.9. The summed E-state index contributed by atoms with van der Waals surface area (Å²) in [6.45, 7) is 1.38. The molecule has 2 rings (SSSR count). The molecule has 0 aromatic heterocycles. The standard InChI is InChI=1S/C16H17Cl2NO2/c17-13-5-6-15(12(11-13)7-8-19)20-9-10-21-16-4-2-1-3-14(16)18/h1-6,11H,7-10,19H2. The molecule has 3 nitrogen and oxygen atoms in total. The molecular formula is C16H17Cl2NO2. The molecule has 0 saturated carbocycles. The molecule has 0 fully saturated rings. The number of rotatable bonds is 7. The molecule has 0 unspecified atom stereocenters. The van der Waals surface area contributed by atoms with Crippen molar-refractivity contribution in [3.8, 4) is 11.5 Å². The van der Waals surface area contributed by atoms with E-state index in [2.05, 4.69) is 0 Å².